The van der Waals surface area contributed by atoms with Crippen LogP contribution in [-0.2, 0) is 6.42 Å². The van der Waals surface area contributed by atoms with Crippen molar-refractivity contribution in [1.29, 1.82) is 0 Å². The maximum atomic E-state index is 12.5. The summed E-state index contributed by atoms with van der Waals surface area (Å²) in [5.74, 6) is 0.402. The monoisotopic (exact) mass is 331 g/mol. The summed E-state index contributed by atoms with van der Waals surface area (Å²) in [6.07, 6.45) is 8.85. The summed E-state index contributed by atoms with van der Waals surface area (Å²) in [6, 6.07) is 16.2. The first kappa shape index (κ1) is 15.6. The molecule has 0 fully saturated rings. The number of benzene rings is 2. The zero-order valence-corrected chi connectivity index (χ0v) is 14.1. The minimum Gasteiger partial charge on any atom is -0.351 e. The zero-order chi connectivity index (χ0) is 17.1. The van der Waals surface area contributed by atoms with Crippen LogP contribution in [0.5, 0.6) is 0 Å². The van der Waals surface area contributed by atoms with Gasteiger partial charge < -0.3 is 9.88 Å². The smallest absolute Gasteiger partial charge is 0.251 e. The van der Waals surface area contributed by atoms with Gasteiger partial charge in [0.15, 0.2) is 0 Å². The van der Waals surface area contributed by atoms with Gasteiger partial charge in [-0.1, -0.05) is 24.3 Å². The van der Waals surface area contributed by atoms with Gasteiger partial charge >= 0.3 is 0 Å². The van der Waals surface area contributed by atoms with E-state index in [0.29, 0.717) is 18.0 Å². The van der Waals surface area contributed by atoms with E-state index in [4.69, 9.17) is 0 Å². The number of hydrogen-bond acceptors (Lipinski definition) is 2. The van der Waals surface area contributed by atoms with E-state index in [1.165, 1.54) is 17.5 Å². The first-order valence-corrected chi connectivity index (χ1v) is 8.75. The number of hydrogen-bond donors (Lipinski definition) is 1. The third kappa shape index (κ3) is 3.33. The molecule has 0 bridgehead atoms. The summed E-state index contributed by atoms with van der Waals surface area (Å²) >= 11 is 0. The summed E-state index contributed by atoms with van der Waals surface area (Å²) in [5.41, 5.74) is 4.51. The number of fused-ring (bicyclic) bond motifs is 1. The molecule has 4 heteroatoms. The molecule has 3 aromatic rings. The molecule has 1 aliphatic carbocycles. The van der Waals surface area contributed by atoms with Crippen molar-refractivity contribution in [3.63, 3.8) is 0 Å². The number of nitrogens with one attached hydrogen (secondary N) is 1. The molecule has 1 N–H and O–H groups in total. The largest absolute Gasteiger partial charge is 0.351 e. The lowest BCUT2D eigenvalue weighted by Gasteiger charge is -2.25. The number of nitrogens with zero attached hydrogens (tertiary/aromatic N) is 2. The SMILES string of the molecule is O=C(NCC1CCCc2ccccc21)c1ccc(-n2ccnc2)cc1. The Morgan fingerprint density at radius 1 is 1.16 bits per heavy atom. The Labute approximate surface area is 147 Å². The molecule has 4 rings (SSSR count). The van der Waals surface area contributed by atoms with Crippen LogP contribution in [0.1, 0.15) is 40.2 Å². The standard InChI is InChI=1S/C21H21N3O/c25-21(17-8-10-19(11-9-17)24-13-12-22-15-24)23-14-18-6-3-5-16-4-1-2-7-20(16)18/h1-2,4,7-13,15,18H,3,5-6,14H2,(H,23,25). The van der Waals surface area contributed by atoms with Gasteiger partial charge in [-0.25, -0.2) is 4.98 Å². The Hall–Kier alpha value is -2.88. The second-order valence-electron chi connectivity index (χ2n) is 6.51. The third-order valence-electron chi connectivity index (χ3n) is 4.93. The molecule has 2 aromatic carbocycles. The van der Waals surface area contributed by atoms with Crippen LogP contribution in [0, 0.1) is 0 Å². The highest BCUT2D eigenvalue weighted by Crippen LogP contribution is 2.30. The molecule has 1 heterocycles. The van der Waals surface area contributed by atoms with E-state index < -0.39 is 0 Å². The fraction of sp³-hybridized carbons (Fsp3) is 0.238. The summed E-state index contributed by atoms with van der Waals surface area (Å²) in [7, 11) is 0. The van der Waals surface area contributed by atoms with Crippen LogP contribution in [-0.4, -0.2) is 22.0 Å². The fourth-order valence-corrected chi connectivity index (χ4v) is 3.58. The van der Waals surface area contributed by atoms with Crippen molar-refractivity contribution in [2.45, 2.75) is 25.2 Å². The Morgan fingerprint density at radius 2 is 2.00 bits per heavy atom. The second kappa shape index (κ2) is 6.93. The summed E-state index contributed by atoms with van der Waals surface area (Å²) in [5, 5.41) is 3.11. The molecule has 1 amide bonds. The predicted octanol–water partition coefficient (Wildman–Crippen LogP) is 3.72. The average molecular weight is 331 g/mol. The van der Waals surface area contributed by atoms with Crippen LogP contribution in [0.15, 0.2) is 67.3 Å². The predicted molar refractivity (Wildman–Crippen MR) is 98.0 cm³/mol. The zero-order valence-electron chi connectivity index (χ0n) is 14.1. The molecule has 1 aromatic heterocycles. The Kier molecular flexibility index (Phi) is 4.34. The average Bonchev–Trinajstić information content (AvgIpc) is 3.21. The van der Waals surface area contributed by atoms with Crippen LogP contribution in [0.3, 0.4) is 0 Å². The number of carbonyl (C=O) groups excluding carboxylic acids is 1. The Morgan fingerprint density at radius 3 is 2.80 bits per heavy atom. The molecule has 126 valence electrons. The molecule has 25 heavy (non-hydrogen) atoms. The normalized spacial score (nSPS) is 16.2. The number of carbonyl (C=O) groups is 1. The summed E-state index contributed by atoms with van der Waals surface area (Å²) in [4.78, 5) is 16.5. The van der Waals surface area contributed by atoms with Crippen LogP contribution < -0.4 is 5.32 Å². The van der Waals surface area contributed by atoms with Gasteiger partial charge in [-0.15, -0.1) is 0 Å². The highest BCUT2D eigenvalue weighted by atomic mass is 16.1. The van der Waals surface area contributed by atoms with Gasteiger partial charge in [-0.3, -0.25) is 4.79 Å². The molecule has 1 aliphatic rings. The van der Waals surface area contributed by atoms with Crippen molar-refractivity contribution in [1.82, 2.24) is 14.9 Å². The number of imidazole rings is 1. The van der Waals surface area contributed by atoms with Crippen LogP contribution in [0.4, 0.5) is 0 Å². The van der Waals surface area contributed by atoms with Crippen LogP contribution >= 0.6 is 0 Å². The van der Waals surface area contributed by atoms with Gasteiger partial charge in [-0.2, -0.15) is 0 Å². The molecule has 1 atom stereocenters. The quantitative estimate of drug-likeness (QED) is 0.792. The fourth-order valence-electron chi connectivity index (χ4n) is 3.58. The van der Waals surface area contributed by atoms with E-state index in [1.807, 2.05) is 35.0 Å². The van der Waals surface area contributed by atoms with Crippen molar-refractivity contribution in [3.05, 3.63) is 83.9 Å². The molecule has 0 aliphatic heterocycles. The van der Waals surface area contributed by atoms with Gasteiger partial charge in [-0.05, 0) is 54.7 Å². The van der Waals surface area contributed by atoms with Crippen molar-refractivity contribution in [2.24, 2.45) is 0 Å². The van der Waals surface area contributed by atoms with Gasteiger partial charge in [0.25, 0.3) is 5.91 Å². The molecule has 4 nitrogen and oxygen atoms in total. The maximum absolute atomic E-state index is 12.5. The Bertz CT molecular complexity index is 853. The highest BCUT2D eigenvalue weighted by molar-refractivity contribution is 5.94. The minimum absolute atomic E-state index is 0.0137. The van der Waals surface area contributed by atoms with Gasteiger partial charge in [0.05, 0.1) is 6.33 Å². The Balaban J connectivity index is 1.41. The van der Waals surface area contributed by atoms with Gasteiger partial charge in [0.2, 0.25) is 0 Å². The van der Waals surface area contributed by atoms with Crippen molar-refractivity contribution < 1.29 is 4.79 Å². The lowest BCUT2D eigenvalue weighted by molar-refractivity contribution is 0.0950. The molecular formula is C21H21N3O. The number of aromatic nitrogens is 2. The van der Waals surface area contributed by atoms with Crippen molar-refractivity contribution in [2.75, 3.05) is 6.54 Å². The molecule has 1 unspecified atom stereocenters. The van der Waals surface area contributed by atoms with Crippen molar-refractivity contribution >= 4 is 5.91 Å². The molecule has 0 saturated heterocycles. The van der Waals surface area contributed by atoms with Crippen LogP contribution in [0.25, 0.3) is 5.69 Å². The maximum Gasteiger partial charge on any atom is 0.251 e. The van der Waals surface area contributed by atoms with Gasteiger partial charge in [0, 0.05) is 36.1 Å². The summed E-state index contributed by atoms with van der Waals surface area (Å²) in [6.45, 7) is 0.694. The van der Waals surface area contributed by atoms with E-state index in [-0.39, 0.29) is 5.91 Å². The van der Waals surface area contributed by atoms with Crippen LogP contribution in [0.2, 0.25) is 0 Å². The van der Waals surface area contributed by atoms with Gasteiger partial charge in [0.1, 0.15) is 0 Å². The van der Waals surface area contributed by atoms with E-state index >= 15 is 0 Å². The molecular weight excluding hydrogens is 310 g/mol. The lowest BCUT2D eigenvalue weighted by Crippen LogP contribution is -2.29. The van der Waals surface area contributed by atoms with E-state index in [2.05, 4.69) is 34.6 Å². The lowest BCUT2D eigenvalue weighted by atomic mass is 9.83. The molecule has 0 spiro atoms. The van der Waals surface area contributed by atoms with E-state index in [1.54, 1.807) is 12.5 Å². The second-order valence-corrected chi connectivity index (χ2v) is 6.51. The molecule has 0 saturated carbocycles. The first-order chi connectivity index (χ1) is 12.3. The molecule has 0 radical (unpaired) electrons. The number of amides is 1. The third-order valence-corrected chi connectivity index (χ3v) is 4.93. The van der Waals surface area contributed by atoms with E-state index in [9.17, 15) is 4.79 Å². The first-order valence-electron chi connectivity index (χ1n) is 8.75. The topological polar surface area (TPSA) is 46.9 Å². The van der Waals surface area contributed by atoms with E-state index in [0.717, 1.165) is 18.5 Å². The highest BCUT2D eigenvalue weighted by Gasteiger charge is 2.20. The van der Waals surface area contributed by atoms with Crippen molar-refractivity contribution in [3.8, 4) is 5.69 Å². The summed E-state index contributed by atoms with van der Waals surface area (Å²) < 4.78 is 1.92. The number of rotatable bonds is 4. The number of aryl methyl sites for hydroxylation is 1. The minimum atomic E-state index is -0.0137.